The molecule has 0 saturated carbocycles. The second kappa shape index (κ2) is 13.6. The zero-order valence-corrected chi connectivity index (χ0v) is 25.6. The van der Waals surface area contributed by atoms with Crippen LogP contribution in [0, 0.1) is 11.7 Å². The zero-order valence-electron chi connectivity index (χ0n) is 25.6. The van der Waals surface area contributed by atoms with E-state index in [9.17, 15) is 19.1 Å². The lowest BCUT2D eigenvalue weighted by molar-refractivity contribution is -0.122. The second-order valence-corrected chi connectivity index (χ2v) is 12.6. The molecule has 10 nitrogen and oxygen atoms in total. The minimum atomic E-state index is -0.933. The molecule has 1 aromatic heterocycles. The average Bonchev–Trinajstić information content (AvgIpc) is 2.96. The van der Waals surface area contributed by atoms with Crippen LogP contribution in [0.5, 0.6) is 5.88 Å². The van der Waals surface area contributed by atoms with E-state index < -0.39 is 6.09 Å². The van der Waals surface area contributed by atoms with Crippen molar-refractivity contribution >= 4 is 17.7 Å². The van der Waals surface area contributed by atoms with E-state index in [-0.39, 0.29) is 42.4 Å². The Morgan fingerprint density at radius 3 is 2.51 bits per heavy atom. The van der Waals surface area contributed by atoms with Gasteiger partial charge < -0.3 is 19.5 Å². The summed E-state index contributed by atoms with van der Waals surface area (Å²) in [6.07, 6.45) is 2.13. The highest BCUT2D eigenvalue weighted by atomic mass is 19.1. The standard InChI is InChI=1S/C32H44FN5O5/c1-21(2)11-27-20-43-31-29(13-25(14-34-31)12-24-5-7-26(33)8-6-24)38(27)30(39)18-36-15-22(3)37(32(40)41)17-28(36)16-35-9-10-42-19-23(35)4/h5-8,13-14,21-23,27-28H,9-12,15-20H2,1-4H3,(H,40,41)/t22-,23-,27+,28+/m1/s1. The van der Waals surface area contributed by atoms with Crippen LogP contribution in [0.4, 0.5) is 14.9 Å². The maximum atomic E-state index is 14.3. The summed E-state index contributed by atoms with van der Waals surface area (Å²) in [6.45, 7) is 12.3. The van der Waals surface area contributed by atoms with Crippen LogP contribution in [0.25, 0.3) is 0 Å². The van der Waals surface area contributed by atoms with Gasteiger partial charge in [0.2, 0.25) is 11.8 Å². The summed E-state index contributed by atoms with van der Waals surface area (Å²) < 4.78 is 25.2. The van der Waals surface area contributed by atoms with E-state index in [0.717, 1.165) is 24.1 Å². The molecule has 2 amide bonds. The van der Waals surface area contributed by atoms with Gasteiger partial charge in [-0.3, -0.25) is 19.5 Å². The number of anilines is 1. The van der Waals surface area contributed by atoms with E-state index in [1.165, 1.54) is 17.0 Å². The van der Waals surface area contributed by atoms with Gasteiger partial charge in [-0.15, -0.1) is 0 Å². The summed E-state index contributed by atoms with van der Waals surface area (Å²) in [5.41, 5.74) is 2.50. The predicted octanol–water partition coefficient (Wildman–Crippen LogP) is 3.73. The molecule has 0 aliphatic carbocycles. The van der Waals surface area contributed by atoms with Crippen molar-refractivity contribution in [2.24, 2.45) is 5.92 Å². The molecule has 4 heterocycles. The minimum absolute atomic E-state index is 0.0491. The van der Waals surface area contributed by atoms with E-state index in [0.29, 0.717) is 63.4 Å². The van der Waals surface area contributed by atoms with Crippen molar-refractivity contribution in [3.8, 4) is 5.88 Å². The van der Waals surface area contributed by atoms with Crippen molar-refractivity contribution in [3.63, 3.8) is 0 Å². The molecule has 0 spiro atoms. The smallest absolute Gasteiger partial charge is 0.407 e. The lowest BCUT2D eigenvalue weighted by Crippen LogP contribution is -2.64. The first-order valence-electron chi connectivity index (χ1n) is 15.3. The van der Waals surface area contributed by atoms with Crippen LogP contribution in [-0.4, -0.2) is 114 Å². The topological polar surface area (TPSA) is 98.7 Å². The molecule has 234 valence electrons. The number of aromatic nitrogens is 1. The highest BCUT2D eigenvalue weighted by Gasteiger charge is 2.40. The number of pyridine rings is 1. The summed E-state index contributed by atoms with van der Waals surface area (Å²) in [5.74, 6) is 0.440. The highest BCUT2D eigenvalue weighted by molar-refractivity contribution is 5.97. The molecule has 2 saturated heterocycles. The lowest BCUT2D eigenvalue weighted by Gasteiger charge is -2.47. The van der Waals surface area contributed by atoms with Gasteiger partial charge in [0.05, 0.1) is 25.8 Å². The van der Waals surface area contributed by atoms with Crippen molar-refractivity contribution in [1.82, 2.24) is 19.7 Å². The minimum Gasteiger partial charge on any atom is -0.474 e. The fourth-order valence-corrected chi connectivity index (χ4v) is 6.50. The van der Waals surface area contributed by atoms with Crippen LogP contribution in [0.3, 0.4) is 0 Å². The number of piperazine rings is 1. The number of hydrogen-bond acceptors (Lipinski definition) is 7. The maximum Gasteiger partial charge on any atom is 0.407 e. The van der Waals surface area contributed by atoms with Crippen molar-refractivity contribution < 1.29 is 28.6 Å². The van der Waals surface area contributed by atoms with Gasteiger partial charge in [0.15, 0.2) is 0 Å². The van der Waals surface area contributed by atoms with E-state index in [1.807, 2.05) is 17.9 Å². The van der Waals surface area contributed by atoms with Crippen molar-refractivity contribution in [1.29, 1.82) is 0 Å². The van der Waals surface area contributed by atoms with Crippen LogP contribution in [0.15, 0.2) is 36.5 Å². The number of amides is 2. The molecule has 5 rings (SSSR count). The average molecular weight is 598 g/mol. The highest BCUT2D eigenvalue weighted by Crippen LogP contribution is 2.35. The number of ether oxygens (including phenoxy) is 2. The van der Waals surface area contributed by atoms with Gasteiger partial charge in [-0.2, -0.15) is 0 Å². The number of fused-ring (bicyclic) bond motifs is 1. The summed E-state index contributed by atoms with van der Waals surface area (Å²) in [6, 6.07) is 8.05. The van der Waals surface area contributed by atoms with Gasteiger partial charge in [-0.25, -0.2) is 14.2 Å². The molecule has 0 radical (unpaired) electrons. The third-order valence-corrected chi connectivity index (χ3v) is 8.75. The normalized spacial score (nSPS) is 25.0. The Balaban J connectivity index is 1.41. The SMILES string of the molecule is CC(C)C[C@H]1COc2ncc(Cc3ccc(F)cc3)cc2N1C(=O)CN1C[C@@H](C)N(C(=O)O)C[C@@H]1CN1CCOC[C@H]1C. The number of morpholine rings is 1. The molecule has 3 aliphatic heterocycles. The molecule has 2 aromatic rings. The first-order chi connectivity index (χ1) is 20.6. The molecular formula is C32H44FN5O5. The third kappa shape index (κ3) is 7.45. The quantitative estimate of drug-likeness (QED) is 0.492. The number of carboxylic acid groups (broad SMARTS) is 1. The Bertz CT molecular complexity index is 1280. The molecule has 3 aliphatic rings. The van der Waals surface area contributed by atoms with Gasteiger partial charge in [0.1, 0.15) is 18.1 Å². The summed E-state index contributed by atoms with van der Waals surface area (Å²) >= 11 is 0. The fourth-order valence-electron chi connectivity index (χ4n) is 6.50. The molecule has 4 atom stereocenters. The monoisotopic (exact) mass is 597 g/mol. The van der Waals surface area contributed by atoms with Crippen molar-refractivity contribution in [3.05, 3.63) is 53.5 Å². The van der Waals surface area contributed by atoms with Gasteiger partial charge in [-0.05, 0) is 61.9 Å². The lowest BCUT2D eigenvalue weighted by atomic mass is 10.00. The van der Waals surface area contributed by atoms with Gasteiger partial charge in [0, 0.05) is 50.5 Å². The number of hydrogen-bond donors (Lipinski definition) is 1. The Kier molecular flexibility index (Phi) is 9.83. The van der Waals surface area contributed by atoms with E-state index in [4.69, 9.17) is 9.47 Å². The molecule has 1 aromatic carbocycles. The largest absolute Gasteiger partial charge is 0.474 e. The third-order valence-electron chi connectivity index (χ3n) is 8.75. The van der Waals surface area contributed by atoms with E-state index in [2.05, 4.69) is 35.6 Å². The maximum absolute atomic E-state index is 14.3. The zero-order chi connectivity index (χ0) is 30.7. The summed E-state index contributed by atoms with van der Waals surface area (Å²) in [4.78, 5) is 38.8. The number of carbonyl (C=O) groups excluding carboxylic acids is 1. The van der Waals surface area contributed by atoms with Crippen LogP contribution < -0.4 is 9.64 Å². The predicted molar refractivity (Wildman–Crippen MR) is 161 cm³/mol. The summed E-state index contributed by atoms with van der Waals surface area (Å²) in [7, 11) is 0. The molecule has 1 N–H and O–H groups in total. The number of halogens is 1. The number of rotatable bonds is 8. The van der Waals surface area contributed by atoms with Gasteiger partial charge in [0.25, 0.3) is 0 Å². The fraction of sp³-hybridized carbons (Fsp3) is 0.594. The van der Waals surface area contributed by atoms with E-state index >= 15 is 0 Å². The second-order valence-electron chi connectivity index (χ2n) is 12.6. The molecule has 0 unspecified atom stereocenters. The molecule has 2 fully saturated rings. The summed E-state index contributed by atoms with van der Waals surface area (Å²) in [5, 5.41) is 9.89. The number of nitrogens with zero attached hydrogens (tertiary/aromatic N) is 5. The van der Waals surface area contributed by atoms with Crippen LogP contribution in [-0.2, 0) is 16.0 Å². The van der Waals surface area contributed by atoms with E-state index in [1.54, 1.807) is 18.3 Å². The van der Waals surface area contributed by atoms with Crippen molar-refractivity contribution in [2.45, 2.75) is 64.7 Å². The van der Waals surface area contributed by atoms with Crippen LogP contribution >= 0.6 is 0 Å². The molecular weight excluding hydrogens is 553 g/mol. The van der Waals surface area contributed by atoms with Gasteiger partial charge in [-0.1, -0.05) is 26.0 Å². The Labute approximate surface area is 253 Å². The number of carbonyl (C=O) groups is 2. The van der Waals surface area contributed by atoms with Gasteiger partial charge >= 0.3 is 6.09 Å². The Morgan fingerprint density at radius 1 is 1.05 bits per heavy atom. The first-order valence-corrected chi connectivity index (χ1v) is 15.3. The molecule has 11 heteroatoms. The molecule has 43 heavy (non-hydrogen) atoms. The first kappa shape index (κ1) is 31.2. The van der Waals surface area contributed by atoms with Crippen molar-refractivity contribution in [2.75, 3.05) is 57.4 Å². The van der Waals surface area contributed by atoms with Crippen LogP contribution in [0.2, 0.25) is 0 Å². The molecule has 0 bridgehead atoms. The Hall–Kier alpha value is -3.28. The number of benzene rings is 1. The van der Waals surface area contributed by atoms with Crippen LogP contribution in [0.1, 0.15) is 45.2 Å². The Morgan fingerprint density at radius 2 is 1.81 bits per heavy atom.